The first-order valence-electron chi connectivity index (χ1n) is 5.95. The van der Waals surface area contributed by atoms with Gasteiger partial charge in [0.25, 0.3) is 0 Å². The first-order chi connectivity index (χ1) is 9.42. The highest BCUT2D eigenvalue weighted by molar-refractivity contribution is 5.36. The highest BCUT2D eigenvalue weighted by Crippen LogP contribution is 2.19. The van der Waals surface area contributed by atoms with Crippen molar-refractivity contribution in [1.82, 2.24) is 0 Å². The van der Waals surface area contributed by atoms with E-state index in [9.17, 15) is 17.6 Å². The number of aliphatic hydroxyl groups excluding tert-OH is 1. The normalized spacial score (nSPS) is 11.1. The van der Waals surface area contributed by atoms with Crippen LogP contribution >= 0.6 is 0 Å². The molecule has 0 unspecified atom stereocenters. The molecule has 0 aromatic heterocycles. The summed E-state index contributed by atoms with van der Waals surface area (Å²) < 4.78 is 54.0. The molecule has 0 spiro atoms. The van der Waals surface area contributed by atoms with Gasteiger partial charge in [0.05, 0.1) is 26.2 Å². The molecule has 110 valence electrons. The van der Waals surface area contributed by atoms with Gasteiger partial charge >= 0.3 is 6.18 Å². The van der Waals surface area contributed by atoms with Crippen molar-refractivity contribution >= 4 is 0 Å². The van der Waals surface area contributed by atoms with E-state index in [0.29, 0.717) is 12.0 Å². The third-order valence-electron chi connectivity index (χ3n) is 2.31. The van der Waals surface area contributed by atoms with Gasteiger partial charge in [-0.1, -0.05) is 17.9 Å². The highest BCUT2D eigenvalue weighted by Gasteiger charge is 2.26. The smallest absolute Gasteiger partial charge is 0.391 e. The van der Waals surface area contributed by atoms with Gasteiger partial charge < -0.3 is 9.84 Å². The average Bonchev–Trinajstić information content (AvgIpc) is 2.36. The number of alkyl halides is 3. The van der Waals surface area contributed by atoms with Crippen LogP contribution in [0.25, 0.3) is 0 Å². The molecule has 20 heavy (non-hydrogen) atoms. The van der Waals surface area contributed by atoms with E-state index < -0.39 is 25.0 Å². The molecule has 1 aromatic carbocycles. The fourth-order valence-electron chi connectivity index (χ4n) is 1.33. The van der Waals surface area contributed by atoms with Gasteiger partial charge in [0.15, 0.2) is 0 Å². The summed E-state index contributed by atoms with van der Waals surface area (Å²) in [5, 5.41) is 8.55. The zero-order chi connectivity index (χ0) is 15.0. The molecule has 0 aliphatic heterocycles. The molecule has 0 saturated heterocycles. The third kappa shape index (κ3) is 6.55. The van der Waals surface area contributed by atoms with Crippen LogP contribution < -0.4 is 0 Å². The molecular formula is C14H14F4O2. The fraction of sp³-hybridized carbons (Fsp3) is 0.429. The zero-order valence-corrected chi connectivity index (χ0v) is 10.6. The van der Waals surface area contributed by atoms with E-state index in [2.05, 4.69) is 11.8 Å². The average molecular weight is 290 g/mol. The number of halogens is 4. The predicted molar refractivity (Wildman–Crippen MR) is 65.3 cm³/mol. The van der Waals surface area contributed by atoms with Crippen LogP contribution in [0.5, 0.6) is 0 Å². The van der Waals surface area contributed by atoms with Crippen molar-refractivity contribution in [1.29, 1.82) is 0 Å². The van der Waals surface area contributed by atoms with E-state index in [4.69, 9.17) is 9.84 Å². The monoisotopic (exact) mass is 290 g/mol. The summed E-state index contributed by atoms with van der Waals surface area (Å²) >= 11 is 0. The lowest BCUT2D eigenvalue weighted by atomic mass is 10.1. The van der Waals surface area contributed by atoms with Crippen LogP contribution in [-0.4, -0.2) is 24.5 Å². The van der Waals surface area contributed by atoms with Gasteiger partial charge in [0.2, 0.25) is 0 Å². The van der Waals surface area contributed by atoms with E-state index in [0.717, 1.165) is 0 Å². The molecule has 0 amide bonds. The molecule has 0 fully saturated rings. The minimum Gasteiger partial charge on any atom is -0.395 e. The van der Waals surface area contributed by atoms with Crippen LogP contribution in [0.15, 0.2) is 18.2 Å². The molecule has 1 aromatic rings. The zero-order valence-electron chi connectivity index (χ0n) is 10.6. The number of benzene rings is 1. The second-order valence-corrected chi connectivity index (χ2v) is 4.00. The van der Waals surface area contributed by atoms with Crippen molar-refractivity contribution in [2.45, 2.75) is 25.6 Å². The number of aliphatic hydroxyl groups is 1. The summed E-state index contributed by atoms with van der Waals surface area (Å²) in [6, 6.07) is 4.16. The Morgan fingerprint density at radius 2 is 2.00 bits per heavy atom. The van der Waals surface area contributed by atoms with Gasteiger partial charge in [-0.15, -0.1) is 0 Å². The summed E-state index contributed by atoms with van der Waals surface area (Å²) in [5.74, 6) is 4.73. The predicted octanol–water partition coefficient (Wildman–Crippen LogP) is 3.03. The van der Waals surface area contributed by atoms with E-state index in [1.54, 1.807) is 6.07 Å². The Hall–Kier alpha value is -1.58. The molecule has 0 aliphatic rings. The summed E-state index contributed by atoms with van der Waals surface area (Å²) in [5.41, 5.74) is 0.620. The lowest BCUT2D eigenvalue weighted by Crippen LogP contribution is -2.11. The van der Waals surface area contributed by atoms with Crippen molar-refractivity contribution in [2.24, 2.45) is 0 Å². The second kappa shape index (κ2) is 7.88. The van der Waals surface area contributed by atoms with Gasteiger partial charge in [-0.25, -0.2) is 4.39 Å². The van der Waals surface area contributed by atoms with Gasteiger partial charge in [0, 0.05) is 17.5 Å². The topological polar surface area (TPSA) is 29.5 Å². The Bertz CT molecular complexity index is 486. The molecule has 0 aliphatic carbocycles. The summed E-state index contributed by atoms with van der Waals surface area (Å²) in [6.45, 7) is -0.784. The quantitative estimate of drug-likeness (QED) is 0.513. The number of rotatable bonds is 5. The standard InChI is InChI=1S/C14H14F4O2/c15-13-9-11(3-1-2-7-19)4-5-12(13)10-20-8-6-14(16,17)18/h4-5,9,19H,2,6-8,10H2. The first kappa shape index (κ1) is 16.5. The minimum atomic E-state index is -4.27. The van der Waals surface area contributed by atoms with E-state index in [1.807, 2.05) is 0 Å². The third-order valence-corrected chi connectivity index (χ3v) is 2.31. The number of hydrogen-bond donors (Lipinski definition) is 1. The van der Waals surface area contributed by atoms with Crippen LogP contribution in [-0.2, 0) is 11.3 Å². The molecule has 6 heteroatoms. The van der Waals surface area contributed by atoms with Gasteiger partial charge in [-0.2, -0.15) is 13.2 Å². The highest BCUT2D eigenvalue weighted by atomic mass is 19.4. The van der Waals surface area contributed by atoms with Crippen LogP contribution in [0.2, 0.25) is 0 Å². The summed E-state index contributed by atoms with van der Waals surface area (Å²) in [7, 11) is 0. The molecule has 1 N–H and O–H groups in total. The Morgan fingerprint density at radius 1 is 1.25 bits per heavy atom. The van der Waals surface area contributed by atoms with Crippen LogP contribution in [0.1, 0.15) is 24.0 Å². The van der Waals surface area contributed by atoms with Gasteiger partial charge in [-0.3, -0.25) is 0 Å². The van der Waals surface area contributed by atoms with Crippen molar-refractivity contribution < 1.29 is 27.4 Å². The van der Waals surface area contributed by atoms with Crippen LogP contribution in [0.3, 0.4) is 0 Å². The van der Waals surface area contributed by atoms with Crippen molar-refractivity contribution in [3.05, 3.63) is 35.1 Å². The van der Waals surface area contributed by atoms with Crippen molar-refractivity contribution in [3.63, 3.8) is 0 Å². The Labute approximate surface area is 114 Å². The lowest BCUT2D eigenvalue weighted by molar-refractivity contribution is -0.146. The molecule has 0 bridgehead atoms. The van der Waals surface area contributed by atoms with Crippen LogP contribution in [0, 0.1) is 17.7 Å². The number of hydrogen-bond acceptors (Lipinski definition) is 2. The SMILES string of the molecule is OCCC#Cc1ccc(COCCC(F)(F)F)c(F)c1. The Morgan fingerprint density at radius 3 is 2.60 bits per heavy atom. The first-order valence-corrected chi connectivity index (χ1v) is 5.95. The maximum atomic E-state index is 13.6. The largest absolute Gasteiger partial charge is 0.395 e. The van der Waals surface area contributed by atoms with E-state index in [-0.39, 0.29) is 18.8 Å². The molecule has 0 heterocycles. The molecule has 0 saturated carbocycles. The van der Waals surface area contributed by atoms with E-state index >= 15 is 0 Å². The van der Waals surface area contributed by atoms with Crippen molar-refractivity contribution in [2.75, 3.05) is 13.2 Å². The molecule has 1 rings (SSSR count). The Kier molecular flexibility index (Phi) is 6.49. The fourth-order valence-corrected chi connectivity index (χ4v) is 1.33. The Balaban J connectivity index is 2.50. The molecule has 0 atom stereocenters. The van der Waals surface area contributed by atoms with E-state index in [1.165, 1.54) is 12.1 Å². The number of ether oxygens (including phenoxy) is 1. The molecular weight excluding hydrogens is 276 g/mol. The lowest BCUT2D eigenvalue weighted by Gasteiger charge is -2.08. The van der Waals surface area contributed by atoms with Crippen molar-refractivity contribution in [3.8, 4) is 11.8 Å². The van der Waals surface area contributed by atoms with Gasteiger partial charge in [0.1, 0.15) is 5.82 Å². The minimum absolute atomic E-state index is 0.0688. The second-order valence-electron chi connectivity index (χ2n) is 4.00. The summed E-state index contributed by atoms with van der Waals surface area (Å²) in [4.78, 5) is 0. The van der Waals surface area contributed by atoms with Crippen LogP contribution in [0.4, 0.5) is 17.6 Å². The summed E-state index contributed by atoms with van der Waals surface area (Å²) in [6.07, 6.45) is -5.03. The van der Waals surface area contributed by atoms with Gasteiger partial charge in [-0.05, 0) is 12.1 Å². The molecule has 2 nitrogen and oxygen atoms in total. The molecule has 0 radical (unpaired) electrons. The maximum Gasteiger partial charge on any atom is 0.391 e. The maximum absolute atomic E-state index is 13.6.